The summed E-state index contributed by atoms with van der Waals surface area (Å²) in [5, 5.41) is 10.7. The summed E-state index contributed by atoms with van der Waals surface area (Å²) in [4.78, 5) is 41.5. The van der Waals surface area contributed by atoms with Crippen LogP contribution in [-0.2, 0) is 16.0 Å². The summed E-state index contributed by atoms with van der Waals surface area (Å²) in [7, 11) is 3.08. The molecule has 1 fully saturated rings. The minimum Gasteiger partial charge on any atom is -0.545 e. The lowest BCUT2D eigenvalue weighted by Crippen LogP contribution is -2.33. The smallest absolute Gasteiger partial charge is 0.243 e. The summed E-state index contributed by atoms with van der Waals surface area (Å²) >= 11 is 0.974. The maximum atomic E-state index is 12.7. The van der Waals surface area contributed by atoms with Crippen LogP contribution in [0.1, 0.15) is 22.3 Å². The average Bonchev–Trinajstić information content (AvgIpc) is 2.99. The van der Waals surface area contributed by atoms with Gasteiger partial charge in [-0.05, 0) is 36.2 Å². The lowest BCUT2D eigenvalue weighted by atomic mass is 10.1. The van der Waals surface area contributed by atoms with E-state index in [9.17, 15) is 19.5 Å². The molecule has 3 rings (SSSR count). The van der Waals surface area contributed by atoms with E-state index < -0.39 is 11.2 Å². The number of nitrogens with zero attached hydrogens (tertiary/aromatic N) is 2. The van der Waals surface area contributed by atoms with Gasteiger partial charge in [0, 0.05) is 24.7 Å². The van der Waals surface area contributed by atoms with Crippen LogP contribution in [0.2, 0.25) is 0 Å². The molecule has 1 aromatic carbocycles. The molecule has 0 bridgehead atoms. The summed E-state index contributed by atoms with van der Waals surface area (Å²) < 4.78 is 10.5. The largest absolute Gasteiger partial charge is 0.545 e. The number of aromatic carboxylic acids is 1. The lowest BCUT2D eigenvalue weighted by Gasteiger charge is -2.16. The molecule has 2 heterocycles. The highest BCUT2D eigenvalue weighted by Gasteiger charge is 2.39. The van der Waals surface area contributed by atoms with Gasteiger partial charge in [-0.25, -0.2) is 4.98 Å². The number of methoxy groups -OCH3 is 2. The van der Waals surface area contributed by atoms with E-state index in [0.717, 1.165) is 17.3 Å². The molecule has 0 spiro atoms. The standard InChI is InChI=1S/C20H20N2O6S/c1-27-14-6-5-12(10-15(14)28-2)7-9-22-17(23)11-16(19(22)24)29-18-13(20(25)26)4-3-8-21-18/h3-6,8,10,16H,7,9,11H2,1-2H3,(H,25,26)/p-1/t16-/m1/s1. The number of thioether (sulfide) groups is 1. The number of imide groups is 1. The fourth-order valence-electron chi connectivity index (χ4n) is 3.03. The Bertz CT molecular complexity index is 948. The Morgan fingerprint density at radius 1 is 1.24 bits per heavy atom. The van der Waals surface area contributed by atoms with Crippen LogP contribution in [0.4, 0.5) is 0 Å². The Balaban J connectivity index is 1.68. The Hall–Kier alpha value is -3.07. The molecule has 8 nitrogen and oxygen atoms in total. The summed E-state index contributed by atoms with van der Waals surface area (Å²) in [5.41, 5.74) is 0.796. The third-order valence-corrected chi connectivity index (χ3v) is 5.72. The van der Waals surface area contributed by atoms with Gasteiger partial charge in [0.05, 0.1) is 25.4 Å². The van der Waals surface area contributed by atoms with Gasteiger partial charge in [-0.15, -0.1) is 0 Å². The first kappa shape index (κ1) is 20.7. The number of rotatable bonds is 8. The topological polar surface area (TPSA) is 109 Å². The number of ether oxygens (including phenoxy) is 2. The zero-order valence-electron chi connectivity index (χ0n) is 15.9. The first-order valence-electron chi connectivity index (χ1n) is 8.82. The molecule has 2 amide bonds. The van der Waals surface area contributed by atoms with Gasteiger partial charge in [-0.1, -0.05) is 17.8 Å². The number of benzene rings is 1. The number of carbonyl (C=O) groups is 3. The first-order chi connectivity index (χ1) is 13.9. The molecule has 9 heteroatoms. The van der Waals surface area contributed by atoms with Crippen LogP contribution >= 0.6 is 11.8 Å². The van der Waals surface area contributed by atoms with Gasteiger partial charge in [0.25, 0.3) is 0 Å². The highest BCUT2D eigenvalue weighted by Crippen LogP contribution is 2.32. The molecule has 1 saturated heterocycles. The van der Waals surface area contributed by atoms with E-state index in [1.807, 2.05) is 6.07 Å². The number of aromatic nitrogens is 1. The minimum absolute atomic E-state index is 0.00149. The number of carbonyl (C=O) groups excluding carboxylic acids is 3. The van der Waals surface area contributed by atoms with Crippen LogP contribution in [0.5, 0.6) is 11.5 Å². The molecule has 1 aliphatic rings. The van der Waals surface area contributed by atoms with Crippen molar-refractivity contribution in [2.45, 2.75) is 23.1 Å². The number of likely N-dealkylation sites (tertiary alicyclic amines) is 1. The number of pyridine rings is 1. The van der Waals surface area contributed by atoms with Crippen LogP contribution in [-0.4, -0.2) is 53.7 Å². The molecule has 1 aliphatic heterocycles. The Labute approximate surface area is 171 Å². The summed E-state index contributed by atoms with van der Waals surface area (Å²) in [5.74, 6) is -0.848. The molecule has 29 heavy (non-hydrogen) atoms. The molecule has 152 valence electrons. The Kier molecular flexibility index (Phi) is 6.38. The molecule has 0 aliphatic carbocycles. The van der Waals surface area contributed by atoms with Gasteiger partial charge < -0.3 is 19.4 Å². The van der Waals surface area contributed by atoms with Gasteiger partial charge in [-0.2, -0.15) is 0 Å². The molecule has 0 radical (unpaired) electrons. The van der Waals surface area contributed by atoms with Crippen molar-refractivity contribution >= 4 is 29.5 Å². The van der Waals surface area contributed by atoms with Crippen molar-refractivity contribution in [1.82, 2.24) is 9.88 Å². The quantitative estimate of drug-likeness (QED) is 0.586. The van der Waals surface area contributed by atoms with Crippen LogP contribution in [0.15, 0.2) is 41.6 Å². The first-order valence-corrected chi connectivity index (χ1v) is 9.70. The van der Waals surface area contributed by atoms with Crippen molar-refractivity contribution in [3.8, 4) is 11.5 Å². The van der Waals surface area contributed by atoms with E-state index >= 15 is 0 Å². The number of hydrogen-bond donors (Lipinski definition) is 0. The molecule has 2 aromatic rings. The molecule has 0 unspecified atom stereocenters. The van der Waals surface area contributed by atoms with E-state index in [-0.39, 0.29) is 35.4 Å². The lowest BCUT2D eigenvalue weighted by molar-refractivity contribution is -0.255. The van der Waals surface area contributed by atoms with Crippen LogP contribution in [0.3, 0.4) is 0 Å². The molecular formula is C20H19N2O6S-. The second-order valence-electron chi connectivity index (χ2n) is 6.28. The fourth-order valence-corrected chi connectivity index (χ4v) is 4.16. The Morgan fingerprint density at radius 2 is 2.00 bits per heavy atom. The zero-order chi connectivity index (χ0) is 21.0. The number of hydrogen-bond acceptors (Lipinski definition) is 8. The van der Waals surface area contributed by atoms with Crippen LogP contribution in [0.25, 0.3) is 0 Å². The van der Waals surface area contributed by atoms with Crippen molar-refractivity contribution in [2.75, 3.05) is 20.8 Å². The van der Waals surface area contributed by atoms with E-state index in [0.29, 0.717) is 17.9 Å². The molecular weight excluding hydrogens is 396 g/mol. The van der Waals surface area contributed by atoms with Crippen molar-refractivity contribution in [1.29, 1.82) is 0 Å². The predicted molar refractivity (Wildman–Crippen MR) is 103 cm³/mol. The van der Waals surface area contributed by atoms with E-state index in [1.54, 1.807) is 19.2 Å². The molecule has 1 aromatic heterocycles. The highest BCUT2D eigenvalue weighted by molar-refractivity contribution is 8.00. The molecule has 0 N–H and O–H groups in total. The second-order valence-corrected chi connectivity index (χ2v) is 7.47. The van der Waals surface area contributed by atoms with E-state index in [4.69, 9.17) is 9.47 Å². The second kappa shape index (κ2) is 8.95. The normalized spacial score (nSPS) is 16.2. The van der Waals surface area contributed by atoms with Crippen LogP contribution < -0.4 is 14.6 Å². The number of carboxylic acids is 1. The van der Waals surface area contributed by atoms with Crippen molar-refractivity contribution in [3.63, 3.8) is 0 Å². The molecule has 0 saturated carbocycles. The average molecular weight is 415 g/mol. The Morgan fingerprint density at radius 3 is 2.69 bits per heavy atom. The van der Waals surface area contributed by atoms with E-state index in [2.05, 4.69) is 4.98 Å². The van der Waals surface area contributed by atoms with Crippen molar-refractivity contribution in [2.24, 2.45) is 0 Å². The zero-order valence-corrected chi connectivity index (χ0v) is 16.7. The van der Waals surface area contributed by atoms with Crippen molar-refractivity contribution < 1.29 is 29.0 Å². The van der Waals surface area contributed by atoms with Gasteiger partial charge in [-0.3, -0.25) is 14.5 Å². The molecule has 1 atom stereocenters. The highest BCUT2D eigenvalue weighted by atomic mass is 32.2. The van der Waals surface area contributed by atoms with E-state index in [1.165, 1.54) is 30.3 Å². The van der Waals surface area contributed by atoms with Crippen molar-refractivity contribution in [3.05, 3.63) is 47.7 Å². The summed E-state index contributed by atoms with van der Waals surface area (Å²) in [6.45, 7) is 0.222. The van der Waals surface area contributed by atoms with Crippen LogP contribution in [0, 0.1) is 0 Å². The van der Waals surface area contributed by atoms with Gasteiger partial charge in [0.15, 0.2) is 11.5 Å². The maximum absolute atomic E-state index is 12.7. The minimum atomic E-state index is -1.37. The third kappa shape index (κ3) is 4.51. The van der Waals surface area contributed by atoms with Gasteiger partial charge >= 0.3 is 0 Å². The summed E-state index contributed by atoms with van der Waals surface area (Å²) in [6, 6.07) is 8.25. The monoisotopic (exact) mass is 415 g/mol. The van der Waals surface area contributed by atoms with Gasteiger partial charge in [0.1, 0.15) is 5.03 Å². The number of amides is 2. The predicted octanol–water partition coefficient (Wildman–Crippen LogP) is 0.925. The maximum Gasteiger partial charge on any atom is 0.243 e. The third-order valence-electron chi connectivity index (χ3n) is 4.52. The fraction of sp³-hybridized carbons (Fsp3) is 0.300. The summed E-state index contributed by atoms with van der Waals surface area (Å²) in [6.07, 6.45) is 1.90. The van der Waals surface area contributed by atoms with Gasteiger partial charge in [0.2, 0.25) is 11.8 Å². The SMILES string of the molecule is COc1ccc(CCN2C(=O)C[C@@H](Sc3ncccc3C(=O)[O-])C2=O)cc1OC. The number of carboxylic acid groups (broad SMARTS) is 1.